The number of methoxy groups -OCH3 is 2. The third-order valence-corrected chi connectivity index (χ3v) is 8.33. The lowest BCUT2D eigenvalue weighted by molar-refractivity contribution is 0.0317. The van der Waals surface area contributed by atoms with E-state index < -0.39 is 20.0 Å². The highest BCUT2D eigenvalue weighted by molar-refractivity contribution is 7.89. The Morgan fingerprint density at radius 2 is 1.68 bits per heavy atom. The van der Waals surface area contributed by atoms with Gasteiger partial charge in [-0.25, -0.2) is 16.8 Å². The molecule has 0 spiro atoms. The van der Waals surface area contributed by atoms with Gasteiger partial charge in [0, 0.05) is 38.4 Å². The predicted molar refractivity (Wildman–Crippen MR) is 103 cm³/mol. The van der Waals surface area contributed by atoms with E-state index in [9.17, 15) is 16.8 Å². The van der Waals surface area contributed by atoms with E-state index >= 15 is 0 Å². The summed E-state index contributed by atoms with van der Waals surface area (Å²) in [7, 11) is -4.45. The van der Waals surface area contributed by atoms with Gasteiger partial charge in [-0.2, -0.15) is 8.61 Å². The van der Waals surface area contributed by atoms with Crippen LogP contribution in [-0.2, 0) is 24.8 Å². The minimum absolute atomic E-state index is 0.00442. The molecule has 1 aromatic carbocycles. The number of sulfonamides is 2. The fraction of sp³-hybridized carbons (Fsp3) is 0.647. The molecular weight excluding hydrogens is 408 g/mol. The molecule has 3 rings (SSSR count). The minimum Gasteiger partial charge on any atom is -0.497 e. The van der Waals surface area contributed by atoms with Gasteiger partial charge in [-0.15, -0.1) is 0 Å². The summed E-state index contributed by atoms with van der Waals surface area (Å²) in [4.78, 5) is 0.00442. The molecule has 0 aromatic heterocycles. The van der Waals surface area contributed by atoms with E-state index in [-0.39, 0.29) is 35.8 Å². The van der Waals surface area contributed by atoms with Gasteiger partial charge < -0.3 is 14.2 Å². The Balaban J connectivity index is 1.81. The van der Waals surface area contributed by atoms with E-state index in [1.165, 1.54) is 41.2 Å². The molecule has 0 saturated carbocycles. The largest absolute Gasteiger partial charge is 0.497 e. The van der Waals surface area contributed by atoms with Crippen LogP contribution in [0.2, 0.25) is 0 Å². The van der Waals surface area contributed by atoms with E-state index in [1.54, 1.807) is 6.07 Å². The molecule has 0 unspecified atom stereocenters. The molecule has 1 aromatic rings. The van der Waals surface area contributed by atoms with Crippen LogP contribution in [0.25, 0.3) is 0 Å². The summed E-state index contributed by atoms with van der Waals surface area (Å²) in [5, 5.41) is 0. The molecule has 0 aliphatic carbocycles. The highest BCUT2D eigenvalue weighted by atomic mass is 32.2. The van der Waals surface area contributed by atoms with Crippen LogP contribution in [0.4, 0.5) is 0 Å². The third-order valence-electron chi connectivity index (χ3n) is 5.11. The molecule has 2 aliphatic heterocycles. The van der Waals surface area contributed by atoms with Crippen molar-refractivity contribution in [2.45, 2.75) is 29.8 Å². The Bertz CT molecular complexity index is 905. The van der Waals surface area contributed by atoms with E-state index in [0.717, 1.165) is 0 Å². The number of hydrogen-bond donors (Lipinski definition) is 0. The van der Waals surface area contributed by atoms with Crippen LogP contribution >= 0.6 is 0 Å². The fourth-order valence-corrected chi connectivity index (χ4v) is 6.79. The zero-order chi connectivity index (χ0) is 20.5. The molecule has 0 atom stereocenters. The van der Waals surface area contributed by atoms with Crippen LogP contribution in [0, 0.1) is 0 Å². The summed E-state index contributed by atoms with van der Waals surface area (Å²) in [6, 6.07) is 4.02. The van der Waals surface area contributed by atoms with Gasteiger partial charge >= 0.3 is 0 Å². The van der Waals surface area contributed by atoms with Crippen LogP contribution in [-0.4, -0.2) is 84.3 Å². The summed E-state index contributed by atoms with van der Waals surface area (Å²) in [6.45, 7) is 1.22. The molecule has 9 nitrogen and oxygen atoms in total. The van der Waals surface area contributed by atoms with Gasteiger partial charge in [0.15, 0.2) is 0 Å². The van der Waals surface area contributed by atoms with Gasteiger partial charge in [0.1, 0.15) is 16.4 Å². The molecule has 0 N–H and O–H groups in total. The lowest BCUT2D eigenvalue weighted by atomic mass is 10.1. The Labute approximate surface area is 166 Å². The summed E-state index contributed by atoms with van der Waals surface area (Å²) in [5.41, 5.74) is 0. The van der Waals surface area contributed by atoms with Crippen LogP contribution in [0.5, 0.6) is 11.5 Å². The van der Waals surface area contributed by atoms with Gasteiger partial charge in [0.05, 0.1) is 26.5 Å². The maximum atomic E-state index is 13.1. The molecule has 0 bridgehead atoms. The quantitative estimate of drug-likeness (QED) is 0.616. The molecule has 2 fully saturated rings. The van der Waals surface area contributed by atoms with Crippen molar-refractivity contribution < 1.29 is 31.0 Å². The molecule has 2 saturated heterocycles. The van der Waals surface area contributed by atoms with Crippen molar-refractivity contribution in [2.24, 2.45) is 0 Å². The molecule has 11 heteroatoms. The lowest BCUT2D eigenvalue weighted by Crippen LogP contribution is -2.64. The second-order valence-electron chi connectivity index (χ2n) is 6.93. The van der Waals surface area contributed by atoms with E-state index in [1.807, 2.05) is 0 Å². The standard InChI is InChI=1S/C17H26N2O7S2/c1-24-15-4-5-16(25-2)17(10-15)28(22,23)18-11-14(12-18)19(27(3,20)21)13-6-8-26-9-7-13/h4-5,10,13-14H,6-9,11-12H2,1-3H3. The van der Waals surface area contributed by atoms with Gasteiger partial charge in [-0.3, -0.25) is 0 Å². The summed E-state index contributed by atoms with van der Waals surface area (Å²) in [5.74, 6) is 0.616. The Kier molecular flexibility index (Phi) is 6.20. The second kappa shape index (κ2) is 8.15. The first-order valence-corrected chi connectivity index (χ1v) is 12.3. The van der Waals surface area contributed by atoms with Gasteiger partial charge in [0.2, 0.25) is 20.0 Å². The van der Waals surface area contributed by atoms with Gasteiger partial charge in [0.25, 0.3) is 0 Å². The minimum atomic E-state index is -3.84. The van der Waals surface area contributed by atoms with E-state index in [4.69, 9.17) is 14.2 Å². The number of rotatable bonds is 7. The van der Waals surface area contributed by atoms with Crippen LogP contribution in [0.1, 0.15) is 12.8 Å². The maximum absolute atomic E-state index is 13.1. The highest BCUT2D eigenvalue weighted by Gasteiger charge is 2.46. The van der Waals surface area contributed by atoms with Crippen molar-refractivity contribution in [1.82, 2.24) is 8.61 Å². The van der Waals surface area contributed by atoms with Crippen LogP contribution < -0.4 is 9.47 Å². The van der Waals surface area contributed by atoms with Crippen LogP contribution in [0.15, 0.2) is 23.1 Å². The zero-order valence-corrected chi connectivity index (χ0v) is 17.8. The fourth-order valence-electron chi connectivity index (χ4n) is 3.68. The third kappa shape index (κ3) is 4.13. The number of nitrogens with zero attached hydrogens (tertiary/aromatic N) is 2. The summed E-state index contributed by atoms with van der Waals surface area (Å²) in [6.07, 6.45) is 2.39. The maximum Gasteiger partial charge on any atom is 0.247 e. The van der Waals surface area contributed by atoms with Crippen molar-refractivity contribution in [2.75, 3.05) is 46.8 Å². The highest BCUT2D eigenvalue weighted by Crippen LogP contribution is 2.34. The predicted octanol–water partition coefficient (Wildman–Crippen LogP) is 0.517. The first kappa shape index (κ1) is 21.3. The molecule has 158 valence electrons. The van der Waals surface area contributed by atoms with Gasteiger partial charge in [-0.1, -0.05) is 0 Å². The van der Waals surface area contributed by atoms with Crippen molar-refractivity contribution in [3.05, 3.63) is 18.2 Å². The Morgan fingerprint density at radius 1 is 1.04 bits per heavy atom. The van der Waals surface area contributed by atoms with Crippen molar-refractivity contribution >= 4 is 20.0 Å². The van der Waals surface area contributed by atoms with Gasteiger partial charge in [-0.05, 0) is 25.0 Å². The summed E-state index contributed by atoms with van der Waals surface area (Å²) >= 11 is 0. The van der Waals surface area contributed by atoms with Crippen molar-refractivity contribution in [3.63, 3.8) is 0 Å². The van der Waals surface area contributed by atoms with Crippen molar-refractivity contribution in [3.8, 4) is 11.5 Å². The molecular formula is C17H26N2O7S2. The normalized spacial score (nSPS) is 20.1. The van der Waals surface area contributed by atoms with Crippen LogP contribution in [0.3, 0.4) is 0 Å². The first-order valence-electron chi connectivity index (χ1n) is 8.97. The molecule has 2 aliphatic rings. The number of benzene rings is 1. The Hall–Kier alpha value is -1.40. The lowest BCUT2D eigenvalue weighted by Gasteiger charge is -2.46. The molecule has 0 amide bonds. The number of ether oxygens (including phenoxy) is 3. The van der Waals surface area contributed by atoms with Crippen molar-refractivity contribution in [1.29, 1.82) is 0 Å². The topological polar surface area (TPSA) is 102 Å². The summed E-state index contributed by atoms with van der Waals surface area (Å²) < 4.78 is 69.2. The average Bonchev–Trinajstić information content (AvgIpc) is 2.63. The smallest absolute Gasteiger partial charge is 0.247 e. The van der Waals surface area contributed by atoms with E-state index in [0.29, 0.717) is 31.8 Å². The Morgan fingerprint density at radius 3 is 2.21 bits per heavy atom. The number of hydrogen-bond acceptors (Lipinski definition) is 7. The molecule has 0 radical (unpaired) electrons. The average molecular weight is 435 g/mol. The molecule has 28 heavy (non-hydrogen) atoms. The SMILES string of the molecule is COc1ccc(OC)c(S(=O)(=O)N2CC(N(C3CCOCC3)S(C)(=O)=O)C2)c1. The second-order valence-corrected chi connectivity index (χ2v) is 10.7. The molecule has 2 heterocycles. The monoisotopic (exact) mass is 434 g/mol. The first-order chi connectivity index (χ1) is 13.2. The van der Waals surface area contributed by atoms with E-state index in [2.05, 4.69) is 0 Å². The zero-order valence-electron chi connectivity index (χ0n) is 16.2.